The number of aryl methyl sites for hydroxylation is 1. The van der Waals surface area contributed by atoms with Crippen molar-refractivity contribution in [3.05, 3.63) is 72.2 Å². The quantitative estimate of drug-likeness (QED) is 0.505. The molecule has 5 rings (SSSR count). The van der Waals surface area contributed by atoms with Gasteiger partial charge in [0.25, 0.3) is 0 Å². The minimum atomic E-state index is 0.528. The first-order valence-corrected chi connectivity index (χ1v) is 10.0. The Morgan fingerprint density at radius 3 is 2.67 bits per heavy atom. The molecule has 30 heavy (non-hydrogen) atoms. The summed E-state index contributed by atoms with van der Waals surface area (Å²) in [5.41, 5.74) is 4.62. The van der Waals surface area contributed by atoms with Crippen molar-refractivity contribution in [2.24, 2.45) is 13.0 Å². The van der Waals surface area contributed by atoms with Gasteiger partial charge in [-0.3, -0.25) is 0 Å². The molecule has 0 atom stereocenters. The second kappa shape index (κ2) is 8.12. The molecule has 1 fully saturated rings. The van der Waals surface area contributed by atoms with Gasteiger partial charge in [-0.15, -0.1) is 0 Å². The van der Waals surface area contributed by atoms with Gasteiger partial charge in [0.1, 0.15) is 12.1 Å². The molecule has 1 saturated heterocycles. The Bertz CT molecular complexity index is 1140. The summed E-state index contributed by atoms with van der Waals surface area (Å²) in [7, 11) is 2.05. The second-order valence-corrected chi connectivity index (χ2v) is 7.57. The van der Waals surface area contributed by atoms with Crippen molar-refractivity contribution in [3.8, 4) is 11.6 Å². The standard InChI is InChI=1S/C23H23N5O2/c1-28-21-11-17(10-18-13-29-14-18)4-7-20(21)27-23(28)25-12-16-2-5-19(6-3-16)30-22-8-9-24-15-26-22/h2-9,11,15,18H,10,12-14H2,1H3,(H,25,27). The summed E-state index contributed by atoms with van der Waals surface area (Å²) in [6.45, 7) is 2.43. The Morgan fingerprint density at radius 2 is 1.93 bits per heavy atom. The Hall–Kier alpha value is -3.45. The first kappa shape index (κ1) is 18.6. The lowest BCUT2D eigenvalue weighted by Crippen LogP contribution is -2.29. The summed E-state index contributed by atoms with van der Waals surface area (Å²) in [6.07, 6.45) is 4.19. The third-order valence-corrected chi connectivity index (χ3v) is 5.33. The summed E-state index contributed by atoms with van der Waals surface area (Å²) in [4.78, 5) is 12.7. The van der Waals surface area contributed by atoms with Crippen LogP contribution in [0.2, 0.25) is 0 Å². The third-order valence-electron chi connectivity index (χ3n) is 5.33. The van der Waals surface area contributed by atoms with Gasteiger partial charge >= 0.3 is 0 Å². The summed E-state index contributed by atoms with van der Waals surface area (Å²) in [6, 6.07) is 16.2. The molecule has 4 aromatic rings. The third kappa shape index (κ3) is 3.97. The SMILES string of the molecule is Cn1c(NCc2ccc(Oc3ccncn3)cc2)nc2ccc(CC3COC3)cc21. The van der Waals surface area contributed by atoms with Crippen LogP contribution in [0.3, 0.4) is 0 Å². The van der Waals surface area contributed by atoms with Crippen LogP contribution in [0.5, 0.6) is 11.6 Å². The number of fused-ring (bicyclic) bond motifs is 1. The zero-order valence-electron chi connectivity index (χ0n) is 16.8. The maximum atomic E-state index is 5.71. The van der Waals surface area contributed by atoms with E-state index in [1.165, 1.54) is 11.9 Å². The maximum absolute atomic E-state index is 5.71. The van der Waals surface area contributed by atoms with E-state index in [2.05, 4.69) is 38.1 Å². The van der Waals surface area contributed by atoms with Crippen LogP contribution in [-0.4, -0.2) is 32.7 Å². The summed E-state index contributed by atoms with van der Waals surface area (Å²) < 4.78 is 13.1. The van der Waals surface area contributed by atoms with Crippen LogP contribution in [0.4, 0.5) is 5.95 Å². The Kier molecular flexibility index (Phi) is 5.03. The van der Waals surface area contributed by atoms with Gasteiger partial charge < -0.3 is 19.4 Å². The molecule has 7 heteroatoms. The number of hydrogen-bond acceptors (Lipinski definition) is 6. The average Bonchev–Trinajstić information content (AvgIpc) is 3.06. The van der Waals surface area contributed by atoms with Crippen molar-refractivity contribution in [2.45, 2.75) is 13.0 Å². The number of ether oxygens (including phenoxy) is 2. The molecule has 1 aliphatic heterocycles. The monoisotopic (exact) mass is 401 g/mol. The lowest BCUT2D eigenvalue weighted by Gasteiger charge is -2.25. The molecule has 1 aliphatic rings. The highest BCUT2D eigenvalue weighted by atomic mass is 16.5. The van der Waals surface area contributed by atoms with Gasteiger partial charge in [-0.1, -0.05) is 18.2 Å². The zero-order valence-corrected chi connectivity index (χ0v) is 16.8. The highest BCUT2D eigenvalue weighted by molar-refractivity contribution is 5.79. The minimum absolute atomic E-state index is 0.528. The minimum Gasteiger partial charge on any atom is -0.439 e. The zero-order chi connectivity index (χ0) is 20.3. The van der Waals surface area contributed by atoms with Gasteiger partial charge in [0.2, 0.25) is 11.8 Å². The first-order valence-electron chi connectivity index (χ1n) is 10.0. The fraction of sp³-hybridized carbons (Fsp3) is 0.261. The maximum Gasteiger partial charge on any atom is 0.222 e. The van der Waals surface area contributed by atoms with E-state index in [4.69, 9.17) is 14.5 Å². The molecular weight excluding hydrogens is 378 g/mol. The van der Waals surface area contributed by atoms with Gasteiger partial charge in [0.05, 0.1) is 24.2 Å². The number of benzene rings is 2. The van der Waals surface area contributed by atoms with Crippen LogP contribution in [0.15, 0.2) is 61.1 Å². The number of rotatable bonds is 7. The van der Waals surface area contributed by atoms with E-state index in [1.54, 1.807) is 12.3 Å². The molecule has 3 heterocycles. The number of aromatic nitrogens is 4. The van der Waals surface area contributed by atoms with Crippen molar-refractivity contribution >= 4 is 17.0 Å². The highest BCUT2D eigenvalue weighted by Crippen LogP contribution is 2.24. The van der Waals surface area contributed by atoms with Crippen LogP contribution in [0.25, 0.3) is 11.0 Å². The van der Waals surface area contributed by atoms with Crippen molar-refractivity contribution < 1.29 is 9.47 Å². The Labute approximate surface area is 174 Å². The van der Waals surface area contributed by atoms with Crippen molar-refractivity contribution in [2.75, 3.05) is 18.5 Å². The van der Waals surface area contributed by atoms with Gasteiger partial charge in [0.15, 0.2) is 0 Å². The Morgan fingerprint density at radius 1 is 1.10 bits per heavy atom. The van der Waals surface area contributed by atoms with Crippen LogP contribution < -0.4 is 10.1 Å². The van der Waals surface area contributed by atoms with Gasteiger partial charge in [-0.25, -0.2) is 15.0 Å². The fourth-order valence-corrected chi connectivity index (χ4v) is 3.57. The van der Waals surface area contributed by atoms with Crippen molar-refractivity contribution in [1.82, 2.24) is 19.5 Å². The molecule has 0 spiro atoms. The molecule has 7 nitrogen and oxygen atoms in total. The smallest absolute Gasteiger partial charge is 0.222 e. The topological polar surface area (TPSA) is 74.1 Å². The second-order valence-electron chi connectivity index (χ2n) is 7.57. The van der Waals surface area contributed by atoms with E-state index < -0.39 is 0 Å². The molecule has 0 aliphatic carbocycles. The van der Waals surface area contributed by atoms with E-state index in [-0.39, 0.29) is 0 Å². The van der Waals surface area contributed by atoms with E-state index in [0.717, 1.165) is 47.9 Å². The molecule has 0 bridgehead atoms. The molecule has 0 radical (unpaired) electrons. The molecule has 2 aromatic carbocycles. The number of nitrogens with zero attached hydrogens (tertiary/aromatic N) is 4. The molecule has 0 unspecified atom stereocenters. The van der Waals surface area contributed by atoms with Crippen LogP contribution in [0, 0.1) is 5.92 Å². The number of imidazole rings is 1. The van der Waals surface area contributed by atoms with Crippen molar-refractivity contribution in [3.63, 3.8) is 0 Å². The van der Waals surface area contributed by atoms with E-state index in [0.29, 0.717) is 18.3 Å². The van der Waals surface area contributed by atoms with Gasteiger partial charge in [-0.05, 0) is 41.8 Å². The predicted octanol–water partition coefficient (Wildman–Crippen LogP) is 3.96. The Balaban J connectivity index is 1.24. The van der Waals surface area contributed by atoms with E-state index in [9.17, 15) is 0 Å². The van der Waals surface area contributed by atoms with Crippen LogP contribution in [0.1, 0.15) is 11.1 Å². The molecule has 1 N–H and O–H groups in total. The van der Waals surface area contributed by atoms with Gasteiger partial charge in [0, 0.05) is 31.8 Å². The summed E-state index contributed by atoms with van der Waals surface area (Å²) in [5.74, 6) is 2.77. The molecule has 152 valence electrons. The molecule has 2 aromatic heterocycles. The normalized spacial score (nSPS) is 13.9. The first-order chi connectivity index (χ1) is 14.7. The summed E-state index contributed by atoms with van der Waals surface area (Å²) in [5, 5.41) is 3.44. The lowest BCUT2D eigenvalue weighted by molar-refractivity contribution is -0.0312. The van der Waals surface area contributed by atoms with E-state index in [1.807, 2.05) is 31.3 Å². The summed E-state index contributed by atoms with van der Waals surface area (Å²) >= 11 is 0. The van der Waals surface area contributed by atoms with Gasteiger partial charge in [-0.2, -0.15) is 0 Å². The largest absolute Gasteiger partial charge is 0.439 e. The highest BCUT2D eigenvalue weighted by Gasteiger charge is 2.19. The molecule has 0 amide bonds. The molecular formula is C23H23N5O2. The lowest BCUT2D eigenvalue weighted by atomic mass is 9.98. The number of hydrogen-bond donors (Lipinski definition) is 1. The number of anilines is 1. The van der Waals surface area contributed by atoms with Crippen LogP contribution in [-0.2, 0) is 24.8 Å². The average molecular weight is 401 g/mol. The number of nitrogens with one attached hydrogen (secondary N) is 1. The fourth-order valence-electron chi connectivity index (χ4n) is 3.57. The van der Waals surface area contributed by atoms with Crippen LogP contribution >= 0.6 is 0 Å². The molecule has 0 saturated carbocycles. The van der Waals surface area contributed by atoms with E-state index >= 15 is 0 Å². The predicted molar refractivity (Wildman–Crippen MR) is 115 cm³/mol. The van der Waals surface area contributed by atoms with Crippen molar-refractivity contribution in [1.29, 1.82) is 0 Å².